The number of nitrogens with zero attached hydrogens (tertiary/aromatic N) is 1. The maximum absolute atomic E-state index is 12.9. The van der Waals surface area contributed by atoms with Crippen LogP contribution in [0.15, 0.2) is 36.4 Å². The highest BCUT2D eigenvalue weighted by Gasteiger charge is 2.01. The van der Waals surface area contributed by atoms with E-state index in [1.54, 1.807) is 6.07 Å². The van der Waals surface area contributed by atoms with E-state index in [2.05, 4.69) is 0 Å². The smallest absolute Gasteiger partial charge is 0.125 e. The molecule has 0 N–H and O–H groups in total. The Bertz CT molecular complexity index is 497. The Morgan fingerprint density at radius 2 is 1.92 bits per heavy atom. The van der Waals surface area contributed by atoms with Crippen LogP contribution in [0.4, 0.5) is 4.39 Å². The Labute approximate surface area is 75.0 Å². The van der Waals surface area contributed by atoms with E-state index in [1.807, 2.05) is 24.3 Å². The van der Waals surface area contributed by atoms with Gasteiger partial charge in [-0.2, -0.15) is 5.26 Å². The molecule has 62 valence electrons. The molecule has 0 aromatic heterocycles. The normalized spacial score (nSPS) is 9.85. The summed E-state index contributed by atoms with van der Waals surface area (Å²) in [6.07, 6.45) is 0. The minimum atomic E-state index is -0.366. The summed E-state index contributed by atoms with van der Waals surface area (Å²) in [6.45, 7) is 0. The van der Waals surface area contributed by atoms with Crippen molar-refractivity contribution in [2.45, 2.75) is 0 Å². The number of hydrogen-bond donors (Lipinski definition) is 0. The van der Waals surface area contributed by atoms with Gasteiger partial charge in [0.1, 0.15) is 5.82 Å². The van der Waals surface area contributed by atoms with Crippen molar-refractivity contribution in [1.29, 1.82) is 5.26 Å². The first-order valence-electron chi connectivity index (χ1n) is 3.89. The van der Waals surface area contributed by atoms with E-state index in [0.717, 1.165) is 10.8 Å². The number of benzene rings is 2. The Morgan fingerprint density at radius 3 is 2.69 bits per heavy atom. The molecule has 2 heteroatoms. The van der Waals surface area contributed by atoms with Gasteiger partial charge in [0.2, 0.25) is 0 Å². The summed E-state index contributed by atoms with van der Waals surface area (Å²) in [5.74, 6) is -0.366. The zero-order chi connectivity index (χ0) is 9.26. The van der Waals surface area contributed by atoms with Crippen LogP contribution in [-0.2, 0) is 0 Å². The molecular weight excluding hydrogens is 165 g/mol. The van der Waals surface area contributed by atoms with Crippen LogP contribution < -0.4 is 0 Å². The zero-order valence-corrected chi connectivity index (χ0v) is 6.79. The zero-order valence-electron chi connectivity index (χ0n) is 6.79. The summed E-state index contributed by atoms with van der Waals surface area (Å²) >= 11 is 0. The predicted octanol–water partition coefficient (Wildman–Crippen LogP) is 2.85. The van der Waals surface area contributed by atoms with Gasteiger partial charge in [-0.3, -0.25) is 0 Å². The molecule has 2 aromatic rings. The average Bonchev–Trinajstić information content (AvgIpc) is 2.16. The molecule has 0 aliphatic rings. The van der Waals surface area contributed by atoms with Gasteiger partial charge in [0, 0.05) is 0 Å². The lowest BCUT2D eigenvalue weighted by Gasteiger charge is -1.99. The van der Waals surface area contributed by atoms with Crippen LogP contribution in [0.1, 0.15) is 5.56 Å². The monoisotopic (exact) mass is 171 g/mol. The van der Waals surface area contributed by atoms with E-state index in [1.165, 1.54) is 12.1 Å². The molecule has 1 nitrogen and oxygen atoms in total. The molecule has 0 unspecified atom stereocenters. The third-order valence-electron chi connectivity index (χ3n) is 1.95. The summed E-state index contributed by atoms with van der Waals surface area (Å²) in [7, 11) is 0. The number of fused-ring (bicyclic) bond motifs is 1. The lowest BCUT2D eigenvalue weighted by atomic mass is 10.1. The van der Waals surface area contributed by atoms with Crippen molar-refractivity contribution >= 4 is 10.8 Å². The second-order valence-corrected chi connectivity index (χ2v) is 2.79. The summed E-state index contributed by atoms with van der Waals surface area (Å²) < 4.78 is 12.9. The lowest BCUT2D eigenvalue weighted by Crippen LogP contribution is -1.82. The van der Waals surface area contributed by atoms with E-state index >= 15 is 0 Å². The summed E-state index contributed by atoms with van der Waals surface area (Å²) in [4.78, 5) is 0. The van der Waals surface area contributed by atoms with Crippen molar-refractivity contribution < 1.29 is 4.39 Å². The van der Waals surface area contributed by atoms with Crippen LogP contribution in [0.25, 0.3) is 10.8 Å². The molecule has 0 saturated carbocycles. The molecule has 13 heavy (non-hydrogen) atoms. The van der Waals surface area contributed by atoms with Gasteiger partial charge in [0.25, 0.3) is 0 Å². The van der Waals surface area contributed by atoms with E-state index < -0.39 is 0 Å². The first kappa shape index (κ1) is 7.75. The predicted molar refractivity (Wildman–Crippen MR) is 48.6 cm³/mol. The molecule has 0 fully saturated rings. The van der Waals surface area contributed by atoms with Crippen molar-refractivity contribution in [2.24, 2.45) is 0 Å². The number of nitriles is 1. The Balaban J connectivity index is 2.91. The number of halogens is 1. The molecule has 0 radical (unpaired) electrons. The van der Waals surface area contributed by atoms with Crippen LogP contribution in [0, 0.1) is 17.1 Å². The van der Waals surface area contributed by atoms with Gasteiger partial charge >= 0.3 is 0 Å². The van der Waals surface area contributed by atoms with Gasteiger partial charge in [-0.25, -0.2) is 4.39 Å². The van der Waals surface area contributed by atoms with Crippen molar-refractivity contribution in [3.8, 4) is 6.07 Å². The lowest BCUT2D eigenvalue weighted by molar-refractivity contribution is 0.629. The highest BCUT2D eigenvalue weighted by atomic mass is 19.1. The summed E-state index contributed by atoms with van der Waals surface area (Å²) in [5, 5.41) is 10.3. The molecule has 0 spiro atoms. The van der Waals surface area contributed by atoms with E-state index in [4.69, 9.17) is 5.26 Å². The van der Waals surface area contributed by atoms with Crippen LogP contribution in [-0.4, -0.2) is 0 Å². The molecule has 0 aliphatic heterocycles. The van der Waals surface area contributed by atoms with Gasteiger partial charge in [-0.05, 0) is 22.9 Å². The van der Waals surface area contributed by atoms with Gasteiger partial charge in [0.05, 0.1) is 11.6 Å². The maximum Gasteiger partial charge on any atom is 0.125 e. The van der Waals surface area contributed by atoms with Gasteiger partial charge < -0.3 is 0 Å². The molecule has 0 amide bonds. The molecule has 0 heterocycles. The third-order valence-corrected chi connectivity index (χ3v) is 1.95. The molecular formula is C11H6FN. The maximum atomic E-state index is 12.9. The summed E-state index contributed by atoms with van der Waals surface area (Å²) in [5.41, 5.74) is 0.385. The van der Waals surface area contributed by atoms with Crippen LogP contribution in [0.2, 0.25) is 0 Å². The third kappa shape index (κ3) is 1.25. The molecule has 0 aliphatic carbocycles. The SMILES string of the molecule is N#Cc1cc(F)cc2ccccc12. The van der Waals surface area contributed by atoms with Gasteiger partial charge in [-0.15, -0.1) is 0 Å². The van der Waals surface area contributed by atoms with Crippen molar-refractivity contribution in [1.82, 2.24) is 0 Å². The first-order chi connectivity index (χ1) is 6.31. The minimum absolute atomic E-state index is 0.366. The molecule has 2 aromatic carbocycles. The Hall–Kier alpha value is -1.88. The van der Waals surface area contributed by atoms with Gasteiger partial charge in [-0.1, -0.05) is 24.3 Å². The fourth-order valence-corrected chi connectivity index (χ4v) is 1.37. The first-order valence-corrected chi connectivity index (χ1v) is 3.89. The van der Waals surface area contributed by atoms with E-state index in [-0.39, 0.29) is 5.82 Å². The fraction of sp³-hybridized carbons (Fsp3) is 0. The standard InChI is InChI=1S/C11H6FN/c12-10-5-8-3-1-2-4-11(8)9(6-10)7-13/h1-6H. The molecule has 2 rings (SSSR count). The van der Waals surface area contributed by atoms with Crippen LogP contribution in [0.3, 0.4) is 0 Å². The van der Waals surface area contributed by atoms with Crippen molar-refractivity contribution in [2.75, 3.05) is 0 Å². The van der Waals surface area contributed by atoms with E-state index in [9.17, 15) is 4.39 Å². The minimum Gasteiger partial charge on any atom is -0.207 e. The highest BCUT2D eigenvalue weighted by molar-refractivity contribution is 5.87. The number of hydrogen-bond acceptors (Lipinski definition) is 1. The largest absolute Gasteiger partial charge is 0.207 e. The van der Waals surface area contributed by atoms with Crippen LogP contribution in [0.5, 0.6) is 0 Å². The Kier molecular flexibility index (Phi) is 1.71. The molecule has 0 bridgehead atoms. The molecule has 0 atom stereocenters. The van der Waals surface area contributed by atoms with E-state index in [0.29, 0.717) is 5.56 Å². The second kappa shape index (κ2) is 2.87. The number of rotatable bonds is 0. The fourth-order valence-electron chi connectivity index (χ4n) is 1.37. The average molecular weight is 171 g/mol. The molecule has 0 saturated heterocycles. The van der Waals surface area contributed by atoms with Crippen molar-refractivity contribution in [3.63, 3.8) is 0 Å². The highest BCUT2D eigenvalue weighted by Crippen LogP contribution is 2.19. The van der Waals surface area contributed by atoms with Gasteiger partial charge in [0.15, 0.2) is 0 Å². The van der Waals surface area contributed by atoms with Crippen molar-refractivity contribution in [3.05, 3.63) is 47.8 Å². The Morgan fingerprint density at radius 1 is 1.15 bits per heavy atom. The van der Waals surface area contributed by atoms with Crippen LogP contribution >= 0.6 is 0 Å². The quantitative estimate of drug-likeness (QED) is 0.597. The summed E-state index contributed by atoms with van der Waals surface area (Å²) in [6, 6.07) is 11.9. The topological polar surface area (TPSA) is 23.8 Å². The second-order valence-electron chi connectivity index (χ2n) is 2.79.